The minimum Gasteiger partial charge on any atom is -0.377 e. The van der Waals surface area contributed by atoms with Gasteiger partial charge in [-0.2, -0.15) is 5.26 Å². The highest BCUT2D eigenvalue weighted by molar-refractivity contribution is 5.05. The Morgan fingerprint density at radius 1 is 1.56 bits per heavy atom. The van der Waals surface area contributed by atoms with Crippen molar-refractivity contribution in [3.8, 4) is 6.07 Å². The summed E-state index contributed by atoms with van der Waals surface area (Å²) in [5.41, 5.74) is -0.349. The van der Waals surface area contributed by atoms with Crippen LogP contribution in [0.25, 0.3) is 0 Å². The van der Waals surface area contributed by atoms with Gasteiger partial charge in [0.15, 0.2) is 0 Å². The van der Waals surface area contributed by atoms with Crippen LogP contribution in [0.5, 0.6) is 0 Å². The molecule has 104 valence electrons. The maximum absolute atomic E-state index is 9.25. The topological polar surface area (TPSA) is 48.3 Å². The number of ether oxygens (including phenoxy) is 1. The first-order chi connectivity index (χ1) is 8.58. The van der Waals surface area contributed by atoms with Crippen molar-refractivity contribution >= 4 is 0 Å². The van der Waals surface area contributed by atoms with Crippen LogP contribution in [0, 0.1) is 11.3 Å². The van der Waals surface area contributed by atoms with Crippen molar-refractivity contribution in [3.63, 3.8) is 0 Å². The number of hydrogen-bond donors (Lipinski definition) is 1. The standard InChI is InChI=1S/C14H27N3O/c1-5-14(11-15,16-3)8-6-9-17(4)13-7-10-18-12(13)2/h12-13,16H,5-10H2,1-4H3. The predicted molar refractivity (Wildman–Crippen MR) is 73.4 cm³/mol. The minimum absolute atomic E-state index is 0.339. The number of likely N-dealkylation sites (N-methyl/N-ethyl adjacent to an activating group) is 1. The van der Waals surface area contributed by atoms with Crippen LogP contribution in [0.15, 0.2) is 0 Å². The second-order valence-corrected chi connectivity index (χ2v) is 5.31. The molecule has 1 rings (SSSR count). The molecule has 3 atom stereocenters. The van der Waals surface area contributed by atoms with Gasteiger partial charge in [-0.3, -0.25) is 0 Å². The Kier molecular flexibility index (Phi) is 6.07. The maximum atomic E-state index is 9.25. The first kappa shape index (κ1) is 15.4. The molecule has 0 radical (unpaired) electrons. The van der Waals surface area contributed by atoms with Gasteiger partial charge in [-0.1, -0.05) is 6.92 Å². The first-order valence-corrected chi connectivity index (χ1v) is 7.00. The molecule has 3 unspecified atom stereocenters. The van der Waals surface area contributed by atoms with Crippen LogP contribution in [0.2, 0.25) is 0 Å². The zero-order chi connectivity index (χ0) is 13.6. The zero-order valence-electron chi connectivity index (χ0n) is 12.2. The summed E-state index contributed by atoms with van der Waals surface area (Å²) in [6.07, 6.45) is 4.27. The molecule has 0 bridgehead atoms. The number of nitrogens with zero attached hydrogens (tertiary/aromatic N) is 2. The Bertz CT molecular complexity index is 283. The monoisotopic (exact) mass is 253 g/mol. The molecule has 18 heavy (non-hydrogen) atoms. The molecule has 1 aliphatic rings. The Balaban J connectivity index is 2.35. The summed E-state index contributed by atoms with van der Waals surface area (Å²) in [6, 6.07) is 2.95. The van der Waals surface area contributed by atoms with Crippen LogP contribution in [0.4, 0.5) is 0 Å². The van der Waals surface area contributed by atoms with Gasteiger partial charge in [-0.25, -0.2) is 0 Å². The third-order valence-electron chi connectivity index (χ3n) is 4.31. The van der Waals surface area contributed by atoms with E-state index in [2.05, 4.69) is 37.2 Å². The van der Waals surface area contributed by atoms with Crippen LogP contribution < -0.4 is 5.32 Å². The fourth-order valence-electron chi connectivity index (χ4n) is 2.76. The van der Waals surface area contributed by atoms with E-state index in [-0.39, 0.29) is 5.54 Å². The van der Waals surface area contributed by atoms with E-state index in [1.165, 1.54) is 0 Å². The summed E-state index contributed by atoms with van der Waals surface area (Å²) in [5, 5.41) is 12.4. The van der Waals surface area contributed by atoms with Crippen molar-refractivity contribution < 1.29 is 4.74 Å². The molecule has 1 N–H and O–H groups in total. The molecule has 4 nitrogen and oxygen atoms in total. The highest BCUT2D eigenvalue weighted by Gasteiger charge is 2.29. The van der Waals surface area contributed by atoms with Gasteiger partial charge in [0.05, 0.1) is 12.2 Å². The highest BCUT2D eigenvalue weighted by atomic mass is 16.5. The molecular weight excluding hydrogens is 226 g/mol. The smallest absolute Gasteiger partial charge is 0.106 e. The lowest BCUT2D eigenvalue weighted by molar-refractivity contribution is 0.0826. The predicted octanol–water partition coefficient (Wildman–Crippen LogP) is 1.77. The van der Waals surface area contributed by atoms with E-state index in [4.69, 9.17) is 4.74 Å². The van der Waals surface area contributed by atoms with Crippen molar-refractivity contribution in [1.29, 1.82) is 5.26 Å². The van der Waals surface area contributed by atoms with Crippen LogP contribution in [-0.2, 0) is 4.74 Å². The minimum atomic E-state index is -0.349. The third kappa shape index (κ3) is 3.68. The van der Waals surface area contributed by atoms with Crippen LogP contribution in [0.1, 0.15) is 39.5 Å². The number of rotatable bonds is 7. The summed E-state index contributed by atoms with van der Waals surface area (Å²) < 4.78 is 5.59. The van der Waals surface area contributed by atoms with E-state index >= 15 is 0 Å². The van der Waals surface area contributed by atoms with E-state index in [9.17, 15) is 5.26 Å². The van der Waals surface area contributed by atoms with Crippen molar-refractivity contribution in [1.82, 2.24) is 10.2 Å². The summed E-state index contributed by atoms with van der Waals surface area (Å²) in [6.45, 7) is 6.12. The molecule has 1 saturated heterocycles. The molecule has 0 aliphatic carbocycles. The molecule has 0 saturated carbocycles. The Morgan fingerprint density at radius 3 is 2.72 bits per heavy atom. The van der Waals surface area contributed by atoms with Crippen molar-refractivity contribution in [2.75, 3.05) is 27.2 Å². The van der Waals surface area contributed by atoms with Gasteiger partial charge in [0.2, 0.25) is 0 Å². The van der Waals surface area contributed by atoms with Crippen molar-refractivity contribution in [2.45, 2.75) is 57.2 Å². The Morgan fingerprint density at radius 2 is 2.28 bits per heavy atom. The van der Waals surface area contributed by atoms with Crippen molar-refractivity contribution in [2.24, 2.45) is 0 Å². The fourth-order valence-corrected chi connectivity index (χ4v) is 2.76. The van der Waals surface area contributed by atoms with E-state index < -0.39 is 0 Å². The van der Waals surface area contributed by atoms with Gasteiger partial charge in [-0.05, 0) is 53.2 Å². The molecule has 1 heterocycles. The Labute approximate surface area is 111 Å². The quantitative estimate of drug-likeness (QED) is 0.751. The number of hydrogen-bond acceptors (Lipinski definition) is 4. The summed E-state index contributed by atoms with van der Waals surface area (Å²) in [7, 11) is 4.04. The second-order valence-electron chi connectivity index (χ2n) is 5.31. The lowest BCUT2D eigenvalue weighted by Crippen LogP contribution is -2.42. The van der Waals surface area contributed by atoms with E-state index in [0.29, 0.717) is 12.1 Å². The third-order valence-corrected chi connectivity index (χ3v) is 4.31. The molecule has 1 aliphatic heterocycles. The SMILES string of the molecule is CCC(C#N)(CCCN(C)C1CCOC1C)NC. The van der Waals surface area contributed by atoms with Crippen molar-refractivity contribution in [3.05, 3.63) is 0 Å². The largest absolute Gasteiger partial charge is 0.377 e. The Hall–Kier alpha value is -0.630. The lowest BCUT2D eigenvalue weighted by Gasteiger charge is -2.29. The molecule has 1 fully saturated rings. The summed E-state index contributed by atoms with van der Waals surface area (Å²) in [4.78, 5) is 2.38. The van der Waals surface area contributed by atoms with Crippen LogP contribution in [-0.4, -0.2) is 49.8 Å². The average Bonchev–Trinajstić information content (AvgIpc) is 2.81. The molecule has 0 spiro atoms. The molecule has 0 amide bonds. The maximum Gasteiger partial charge on any atom is 0.106 e. The van der Waals surface area contributed by atoms with Gasteiger partial charge in [-0.15, -0.1) is 0 Å². The number of nitriles is 1. The van der Waals surface area contributed by atoms with Crippen LogP contribution >= 0.6 is 0 Å². The van der Waals surface area contributed by atoms with E-state index in [1.807, 2.05) is 7.05 Å². The summed E-state index contributed by atoms with van der Waals surface area (Å²) >= 11 is 0. The second kappa shape index (κ2) is 7.08. The van der Waals surface area contributed by atoms with Gasteiger partial charge in [0.1, 0.15) is 5.54 Å². The highest BCUT2D eigenvalue weighted by Crippen LogP contribution is 2.20. The van der Waals surface area contributed by atoms with Gasteiger partial charge >= 0.3 is 0 Å². The van der Waals surface area contributed by atoms with Gasteiger partial charge < -0.3 is 15.0 Å². The molecule has 0 aromatic heterocycles. The average molecular weight is 253 g/mol. The fraction of sp³-hybridized carbons (Fsp3) is 0.929. The lowest BCUT2D eigenvalue weighted by atomic mass is 9.92. The van der Waals surface area contributed by atoms with E-state index in [0.717, 1.165) is 38.8 Å². The number of nitrogens with one attached hydrogen (secondary N) is 1. The first-order valence-electron chi connectivity index (χ1n) is 7.00. The van der Waals surface area contributed by atoms with Gasteiger partial charge in [0, 0.05) is 12.6 Å². The summed E-state index contributed by atoms with van der Waals surface area (Å²) in [5.74, 6) is 0. The molecule has 4 heteroatoms. The van der Waals surface area contributed by atoms with Gasteiger partial charge in [0.25, 0.3) is 0 Å². The van der Waals surface area contributed by atoms with Crippen LogP contribution in [0.3, 0.4) is 0 Å². The normalized spacial score (nSPS) is 27.1. The zero-order valence-corrected chi connectivity index (χ0v) is 12.2. The molecule has 0 aromatic rings. The van der Waals surface area contributed by atoms with E-state index in [1.54, 1.807) is 0 Å². The molecule has 0 aromatic carbocycles. The molecular formula is C14H27N3O.